The van der Waals surface area contributed by atoms with Crippen LogP contribution in [0.25, 0.3) is 11.3 Å². The van der Waals surface area contributed by atoms with Crippen LogP contribution in [0.2, 0.25) is 0 Å². The molecule has 2 aromatic heterocycles. The number of nitrogens with zero attached hydrogens (tertiary/aromatic N) is 3. The number of halogens is 1. The minimum Gasteiger partial charge on any atom is -0.378 e. The van der Waals surface area contributed by atoms with Gasteiger partial charge in [-0.05, 0) is 13.8 Å². The van der Waals surface area contributed by atoms with E-state index in [1.165, 1.54) is 5.56 Å². The Bertz CT molecular complexity index is 856. The Morgan fingerprint density at radius 1 is 1.19 bits per heavy atom. The summed E-state index contributed by atoms with van der Waals surface area (Å²) in [6.45, 7) is 6.21. The lowest BCUT2D eigenvalue weighted by Gasteiger charge is -2.20. The van der Waals surface area contributed by atoms with Gasteiger partial charge in [-0.2, -0.15) is 4.98 Å². The summed E-state index contributed by atoms with van der Waals surface area (Å²) in [5.74, 6) is 1.27. The van der Waals surface area contributed by atoms with E-state index in [9.17, 15) is 0 Å². The molecule has 1 aliphatic rings. The molecule has 1 aliphatic heterocycles. The van der Waals surface area contributed by atoms with Crippen LogP contribution >= 0.6 is 23.7 Å². The molecule has 0 saturated carbocycles. The first-order valence-electron chi connectivity index (χ1n) is 8.36. The third-order valence-electron chi connectivity index (χ3n) is 4.16. The van der Waals surface area contributed by atoms with Crippen LogP contribution < -0.4 is 5.32 Å². The first-order valence-corrected chi connectivity index (χ1v) is 9.17. The van der Waals surface area contributed by atoms with E-state index in [2.05, 4.69) is 46.6 Å². The van der Waals surface area contributed by atoms with E-state index in [-0.39, 0.29) is 18.4 Å². The fraction of sp³-hybridized carbons (Fsp3) is 0.389. The topological polar surface area (TPSA) is 73.1 Å². The molecule has 1 unspecified atom stereocenters. The second-order valence-corrected chi connectivity index (χ2v) is 7.46. The third-order valence-corrected chi connectivity index (χ3v) is 5.13. The third kappa shape index (κ3) is 4.12. The molecular weight excluding hydrogens is 372 g/mol. The Morgan fingerprint density at radius 3 is 2.73 bits per heavy atom. The van der Waals surface area contributed by atoms with Gasteiger partial charge in [-0.1, -0.05) is 35.0 Å². The van der Waals surface area contributed by atoms with Crippen molar-refractivity contribution in [2.24, 2.45) is 0 Å². The number of nitrogens with one attached hydrogen (secondary N) is 1. The second kappa shape index (κ2) is 8.26. The first kappa shape index (κ1) is 19.0. The summed E-state index contributed by atoms with van der Waals surface area (Å²) in [6, 6.07) is 8.43. The van der Waals surface area contributed by atoms with Crippen molar-refractivity contribution in [1.82, 2.24) is 20.4 Å². The molecule has 0 spiro atoms. The molecule has 0 radical (unpaired) electrons. The standard InChI is InChI=1S/C18H20N4O2S.ClH/c1-11-3-5-13(6-4-11)17-15(25-12(2)20-17)9-16-21-18(22-24-16)14-10-23-8-7-19-14;/h3-6,14,19H,7-10H2,1-2H3;1H. The number of hydrogen-bond donors (Lipinski definition) is 1. The number of morpholine rings is 1. The van der Waals surface area contributed by atoms with E-state index in [1.54, 1.807) is 11.3 Å². The van der Waals surface area contributed by atoms with Gasteiger partial charge >= 0.3 is 0 Å². The number of rotatable bonds is 4. The van der Waals surface area contributed by atoms with Crippen LogP contribution in [0.5, 0.6) is 0 Å². The number of benzene rings is 1. The van der Waals surface area contributed by atoms with Crippen molar-refractivity contribution in [3.63, 3.8) is 0 Å². The van der Waals surface area contributed by atoms with E-state index < -0.39 is 0 Å². The van der Waals surface area contributed by atoms with Crippen LogP contribution in [0.3, 0.4) is 0 Å². The largest absolute Gasteiger partial charge is 0.378 e. The predicted octanol–water partition coefficient (Wildman–Crippen LogP) is 3.48. The number of aryl methyl sites for hydroxylation is 2. The molecule has 1 saturated heterocycles. The summed E-state index contributed by atoms with van der Waals surface area (Å²) in [7, 11) is 0. The Hall–Kier alpha value is -1.80. The zero-order valence-electron chi connectivity index (χ0n) is 14.7. The smallest absolute Gasteiger partial charge is 0.232 e. The van der Waals surface area contributed by atoms with Crippen LogP contribution in [0.15, 0.2) is 28.8 Å². The fourth-order valence-electron chi connectivity index (χ4n) is 2.88. The van der Waals surface area contributed by atoms with Crippen molar-refractivity contribution in [3.05, 3.63) is 51.4 Å². The molecule has 8 heteroatoms. The van der Waals surface area contributed by atoms with Crippen molar-refractivity contribution in [2.75, 3.05) is 19.8 Å². The first-order chi connectivity index (χ1) is 12.2. The van der Waals surface area contributed by atoms with E-state index >= 15 is 0 Å². The Labute approximate surface area is 162 Å². The van der Waals surface area contributed by atoms with Gasteiger partial charge in [0.2, 0.25) is 5.89 Å². The Balaban J connectivity index is 0.00000196. The van der Waals surface area contributed by atoms with Gasteiger partial charge in [0.15, 0.2) is 5.82 Å². The van der Waals surface area contributed by atoms with E-state index in [0.717, 1.165) is 34.3 Å². The lowest BCUT2D eigenvalue weighted by atomic mass is 10.1. The normalized spacial score (nSPS) is 17.1. The van der Waals surface area contributed by atoms with Gasteiger partial charge < -0.3 is 14.6 Å². The number of hydrogen-bond acceptors (Lipinski definition) is 7. The quantitative estimate of drug-likeness (QED) is 0.732. The van der Waals surface area contributed by atoms with Gasteiger partial charge in [0, 0.05) is 17.0 Å². The average molecular weight is 393 g/mol. The van der Waals surface area contributed by atoms with Gasteiger partial charge in [-0.15, -0.1) is 23.7 Å². The van der Waals surface area contributed by atoms with Crippen LogP contribution in [-0.2, 0) is 11.2 Å². The molecule has 1 atom stereocenters. The molecule has 1 fully saturated rings. The molecule has 3 aromatic rings. The molecule has 138 valence electrons. The summed E-state index contributed by atoms with van der Waals surface area (Å²) in [6.07, 6.45) is 0.593. The van der Waals surface area contributed by atoms with Crippen molar-refractivity contribution in [1.29, 1.82) is 0 Å². The molecule has 1 aromatic carbocycles. The molecule has 0 amide bonds. The maximum Gasteiger partial charge on any atom is 0.232 e. The molecule has 0 bridgehead atoms. The summed E-state index contributed by atoms with van der Waals surface area (Å²) >= 11 is 1.67. The number of aromatic nitrogens is 3. The molecule has 26 heavy (non-hydrogen) atoms. The monoisotopic (exact) mass is 392 g/mol. The van der Waals surface area contributed by atoms with Crippen molar-refractivity contribution in [2.45, 2.75) is 26.3 Å². The number of thiazole rings is 1. The van der Waals surface area contributed by atoms with Crippen LogP contribution in [-0.4, -0.2) is 34.9 Å². The van der Waals surface area contributed by atoms with Crippen LogP contribution in [0, 0.1) is 13.8 Å². The highest BCUT2D eigenvalue weighted by Gasteiger charge is 2.22. The average Bonchev–Trinajstić information content (AvgIpc) is 3.23. The minimum absolute atomic E-state index is 0. The lowest BCUT2D eigenvalue weighted by molar-refractivity contribution is 0.0734. The van der Waals surface area contributed by atoms with Crippen molar-refractivity contribution >= 4 is 23.7 Å². The highest BCUT2D eigenvalue weighted by Crippen LogP contribution is 2.30. The van der Waals surface area contributed by atoms with Gasteiger partial charge in [0.05, 0.1) is 36.4 Å². The van der Waals surface area contributed by atoms with Gasteiger partial charge in [0.1, 0.15) is 0 Å². The maximum atomic E-state index is 5.46. The highest BCUT2D eigenvalue weighted by molar-refractivity contribution is 7.12. The molecular formula is C18H21ClN4O2S. The van der Waals surface area contributed by atoms with E-state index in [0.29, 0.717) is 24.7 Å². The minimum atomic E-state index is 0. The molecule has 0 aliphatic carbocycles. The molecule has 1 N–H and O–H groups in total. The zero-order chi connectivity index (χ0) is 17.2. The molecule has 6 nitrogen and oxygen atoms in total. The van der Waals surface area contributed by atoms with Gasteiger partial charge in [0.25, 0.3) is 0 Å². The summed E-state index contributed by atoms with van der Waals surface area (Å²) < 4.78 is 10.9. The second-order valence-electron chi connectivity index (χ2n) is 6.18. The molecule has 3 heterocycles. The zero-order valence-corrected chi connectivity index (χ0v) is 16.3. The Morgan fingerprint density at radius 2 is 2.00 bits per heavy atom. The summed E-state index contributed by atoms with van der Waals surface area (Å²) in [5.41, 5.74) is 3.36. The predicted molar refractivity (Wildman–Crippen MR) is 103 cm³/mol. The van der Waals surface area contributed by atoms with E-state index in [1.807, 2.05) is 6.92 Å². The maximum absolute atomic E-state index is 5.46. The van der Waals surface area contributed by atoms with Crippen LogP contribution in [0.1, 0.15) is 33.2 Å². The van der Waals surface area contributed by atoms with Crippen molar-refractivity contribution < 1.29 is 9.26 Å². The van der Waals surface area contributed by atoms with Crippen LogP contribution in [0.4, 0.5) is 0 Å². The highest BCUT2D eigenvalue weighted by atomic mass is 35.5. The molecule has 4 rings (SSSR count). The SMILES string of the molecule is Cc1ccc(-c2nc(C)sc2Cc2nc(C3COCCN3)no2)cc1.Cl. The Kier molecular flexibility index (Phi) is 6.03. The van der Waals surface area contributed by atoms with Gasteiger partial charge in [-0.25, -0.2) is 4.98 Å². The summed E-state index contributed by atoms with van der Waals surface area (Å²) in [4.78, 5) is 10.4. The number of ether oxygens (including phenoxy) is 1. The van der Waals surface area contributed by atoms with Crippen molar-refractivity contribution in [3.8, 4) is 11.3 Å². The lowest BCUT2D eigenvalue weighted by Crippen LogP contribution is -2.35. The van der Waals surface area contributed by atoms with Gasteiger partial charge in [-0.3, -0.25) is 0 Å². The van der Waals surface area contributed by atoms with E-state index in [4.69, 9.17) is 14.2 Å². The summed E-state index contributed by atoms with van der Waals surface area (Å²) in [5, 5.41) is 8.49. The fourth-order valence-corrected chi connectivity index (χ4v) is 3.83.